The number of hydrogen-bond acceptors (Lipinski definition) is 4. The molecule has 18 heavy (non-hydrogen) atoms. The maximum Gasteiger partial charge on any atom is 0.337 e. The Morgan fingerprint density at radius 2 is 1.94 bits per heavy atom. The molecule has 6 heteroatoms. The highest BCUT2D eigenvalue weighted by Gasteiger charge is 2.20. The van der Waals surface area contributed by atoms with Crippen LogP contribution in [0.1, 0.15) is 24.2 Å². The van der Waals surface area contributed by atoms with E-state index in [4.69, 9.17) is 10.8 Å². The Bertz CT molecular complexity index is 471. The van der Waals surface area contributed by atoms with Gasteiger partial charge in [-0.25, -0.2) is 4.79 Å². The van der Waals surface area contributed by atoms with Gasteiger partial charge in [-0.05, 0) is 24.1 Å². The van der Waals surface area contributed by atoms with Gasteiger partial charge in [0.15, 0.2) is 0 Å². The van der Waals surface area contributed by atoms with E-state index in [1.54, 1.807) is 13.8 Å². The van der Waals surface area contributed by atoms with Crippen LogP contribution in [-0.4, -0.2) is 28.1 Å². The van der Waals surface area contributed by atoms with Gasteiger partial charge in [-0.1, -0.05) is 13.8 Å². The summed E-state index contributed by atoms with van der Waals surface area (Å²) < 4.78 is 0. The minimum atomic E-state index is -1.24. The van der Waals surface area contributed by atoms with Crippen LogP contribution in [0.5, 0.6) is 5.75 Å². The molecule has 6 nitrogen and oxygen atoms in total. The van der Waals surface area contributed by atoms with Crippen molar-refractivity contribution in [1.29, 1.82) is 0 Å². The van der Waals surface area contributed by atoms with Crippen LogP contribution in [-0.2, 0) is 4.79 Å². The van der Waals surface area contributed by atoms with Gasteiger partial charge in [-0.2, -0.15) is 0 Å². The van der Waals surface area contributed by atoms with Gasteiger partial charge in [0.1, 0.15) is 5.75 Å². The molecular formula is C12H16N2O4. The summed E-state index contributed by atoms with van der Waals surface area (Å²) in [4.78, 5) is 22.7. The number of nitrogens with one attached hydrogen (secondary N) is 1. The lowest BCUT2D eigenvalue weighted by molar-refractivity contribution is -0.118. The third-order valence-corrected chi connectivity index (χ3v) is 2.51. The number of nitrogens with two attached hydrogens (primary N) is 1. The average Bonchev–Trinajstić information content (AvgIpc) is 2.29. The minimum Gasteiger partial charge on any atom is -0.508 e. The molecule has 0 spiro atoms. The lowest BCUT2D eigenvalue weighted by atomic mass is 10.0. The molecule has 0 aromatic heterocycles. The number of aromatic carboxylic acids is 1. The number of phenolic OH excluding ortho intramolecular Hbond substituents is 1. The quantitative estimate of drug-likeness (QED) is 0.597. The van der Waals surface area contributed by atoms with E-state index in [1.807, 2.05) is 0 Å². The molecule has 0 bridgehead atoms. The molecule has 1 aromatic rings. The molecule has 0 radical (unpaired) electrons. The van der Waals surface area contributed by atoms with Gasteiger partial charge in [-0.15, -0.1) is 0 Å². The predicted octanol–water partition coefficient (Wildman–Crippen LogP) is 1.01. The van der Waals surface area contributed by atoms with Crippen molar-refractivity contribution in [2.75, 3.05) is 5.32 Å². The topological polar surface area (TPSA) is 113 Å². The highest BCUT2D eigenvalue weighted by atomic mass is 16.4. The summed E-state index contributed by atoms with van der Waals surface area (Å²) in [6.07, 6.45) is 0. The summed E-state index contributed by atoms with van der Waals surface area (Å²) in [5.74, 6) is -1.94. The Morgan fingerprint density at radius 3 is 2.44 bits per heavy atom. The average molecular weight is 252 g/mol. The molecule has 0 aliphatic carbocycles. The standard InChI is InChI=1S/C12H16N2O4/c1-6(2)10(13)11(16)14-9-4-3-7(15)5-8(9)12(17)18/h3-6,10,15H,13H2,1-2H3,(H,14,16)(H,17,18). The van der Waals surface area contributed by atoms with Crippen molar-refractivity contribution in [2.24, 2.45) is 11.7 Å². The lowest BCUT2D eigenvalue weighted by Crippen LogP contribution is -2.40. The van der Waals surface area contributed by atoms with E-state index in [2.05, 4.69) is 5.32 Å². The fraction of sp³-hybridized carbons (Fsp3) is 0.333. The molecule has 1 unspecified atom stereocenters. The number of carboxylic acid groups (broad SMARTS) is 1. The van der Waals surface area contributed by atoms with Crippen molar-refractivity contribution in [1.82, 2.24) is 0 Å². The zero-order chi connectivity index (χ0) is 13.9. The summed E-state index contributed by atoms with van der Waals surface area (Å²) >= 11 is 0. The summed E-state index contributed by atoms with van der Waals surface area (Å²) in [6.45, 7) is 3.58. The molecule has 5 N–H and O–H groups in total. The van der Waals surface area contributed by atoms with E-state index in [0.29, 0.717) is 0 Å². The number of carbonyl (C=O) groups is 2. The van der Waals surface area contributed by atoms with Gasteiger partial charge in [-0.3, -0.25) is 4.79 Å². The predicted molar refractivity (Wildman–Crippen MR) is 66.5 cm³/mol. The summed E-state index contributed by atoms with van der Waals surface area (Å²) in [7, 11) is 0. The molecule has 1 rings (SSSR count). The van der Waals surface area contributed by atoms with Crippen molar-refractivity contribution in [2.45, 2.75) is 19.9 Å². The Hall–Kier alpha value is -2.08. The molecular weight excluding hydrogens is 236 g/mol. The first kappa shape index (κ1) is 14.0. The Kier molecular flexibility index (Phi) is 4.28. The monoisotopic (exact) mass is 252 g/mol. The first-order valence-corrected chi connectivity index (χ1v) is 5.45. The molecule has 98 valence electrons. The number of benzene rings is 1. The Morgan fingerprint density at radius 1 is 1.33 bits per heavy atom. The fourth-order valence-corrected chi connectivity index (χ4v) is 1.34. The third-order valence-electron chi connectivity index (χ3n) is 2.51. The molecule has 1 aromatic carbocycles. The normalized spacial score (nSPS) is 12.2. The fourth-order valence-electron chi connectivity index (χ4n) is 1.34. The van der Waals surface area contributed by atoms with Gasteiger partial charge in [0.2, 0.25) is 5.91 Å². The van der Waals surface area contributed by atoms with E-state index >= 15 is 0 Å². The first-order valence-electron chi connectivity index (χ1n) is 5.45. The van der Waals surface area contributed by atoms with Crippen molar-refractivity contribution in [3.05, 3.63) is 23.8 Å². The smallest absolute Gasteiger partial charge is 0.337 e. The molecule has 0 aliphatic heterocycles. The van der Waals surface area contributed by atoms with Crippen LogP contribution in [0.15, 0.2) is 18.2 Å². The highest BCUT2D eigenvalue weighted by Crippen LogP contribution is 2.21. The molecule has 1 amide bonds. The van der Waals surface area contributed by atoms with Gasteiger partial charge >= 0.3 is 5.97 Å². The van der Waals surface area contributed by atoms with Crippen LogP contribution in [0.2, 0.25) is 0 Å². The van der Waals surface area contributed by atoms with Gasteiger partial charge < -0.3 is 21.3 Å². The van der Waals surface area contributed by atoms with Crippen LogP contribution < -0.4 is 11.1 Å². The van der Waals surface area contributed by atoms with Crippen LogP contribution in [0.25, 0.3) is 0 Å². The Labute approximate surface area is 104 Å². The number of amides is 1. The molecule has 0 aliphatic rings. The number of carbonyl (C=O) groups excluding carboxylic acids is 1. The SMILES string of the molecule is CC(C)C(N)C(=O)Nc1ccc(O)cc1C(=O)O. The molecule has 0 fully saturated rings. The largest absolute Gasteiger partial charge is 0.508 e. The van der Waals surface area contributed by atoms with Crippen LogP contribution >= 0.6 is 0 Å². The van der Waals surface area contributed by atoms with Crippen LogP contribution in [0.3, 0.4) is 0 Å². The van der Waals surface area contributed by atoms with E-state index in [9.17, 15) is 14.7 Å². The van der Waals surface area contributed by atoms with Gasteiger partial charge in [0, 0.05) is 0 Å². The zero-order valence-corrected chi connectivity index (χ0v) is 10.2. The van der Waals surface area contributed by atoms with Crippen molar-refractivity contribution in [3.8, 4) is 5.75 Å². The summed E-state index contributed by atoms with van der Waals surface area (Å²) in [5, 5.41) is 20.6. The van der Waals surface area contributed by atoms with Crippen molar-refractivity contribution < 1.29 is 19.8 Å². The highest BCUT2D eigenvalue weighted by molar-refractivity contribution is 6.02. The maximum atomic E-state index is 11.7. The molecule has 0 saturated carbocycles. The van der Waals surface area contributed by atoms with Gasteiger partial charge in [0.05, 0.1) is 17.3 Å². The van der Waals surface area contributed by atoms with E-state index in [-0.39, 0.29) is 22.9 Å². The van der Waals surface area contributed by atoms with E-state index < -0.39 is 17.9 Å². The number of anilines is 1. The number of hydrogen-bond donors (Lipinski definition) is 4. The Balaban J connectivity index is 2.98. The molecule has 0 heterocycles. The number of phenols is 1. The third kappa shape index (κ3) is 3.21. The molecule has 1 atom stereocenters. The van der Waals surface area contributed by atoms with E-state index in [0.717, 1.165) is 6.07 Å². The van der Waals surface area contributed by atoms with Crippen molar-refractivity contribution in [3.63, 3.8) is 0 Å². The summed E-state index contributed by atoms with van der Waals surface area (Å²) in [5.41, 5.74) is 5.59. The van der Waals surface area contributed by atoms with Crippen LogP contribution in [0, 0.1) is 5.92 Å². The van der Waals surface area contributed by atoms with Crippen molar-refractivity contribution >= 4 is 17.6 Å². The molecule has 0 saturated heterocycles. The number of rotatable bonds is 4. The number of carboxylic acids is 1. The van der Waals surface area contributed by atoms with Gasteiger partial charge in [0.25, 0.3) is 0 Å². The maximum absolute atomic E-state index is 11.7. The number of aromatic hydroxyl groups is 1. The second-order valence-electron chi connectivity index (χ2n) is 4.29. The lowest BCUT2D eigenvalue weighted by Gasteiger charge is -2.16. The van der Waals surface area contributed by atoms with Crippen LogP contribution in [0.4, 0.5) is 5.69 Å². The first-order chi connectivity index (χ1) is 8.32. The minimum absolute atomic E-state index is 0.0598. The van der Waals surface area contributed by atoms with E-state index in [1.165, 1.54) is 12.1 Å². The second-order valence-corrected chi connectivity index (χ2v) is 4.29. The zero-order valence-electron chi connectivity index (χ0n) is 10.2. The summed E-state index contributed by atoms with van der Waals surface area (Å²) in [6, 6.07) is 2.96. The second kappa shape index (κ2) is 5.50.